The molecule has 2 N–H and O–H groups in total. The molecular formula is C26H28N2O3. The maximum Gasteiger partial charge on any atom is 0.255 e. The first kappa shape index (κ1) is 22.1. The highest BCUT2D eigenvalue weighted by Crippen LogP contribution is 2.19. The number of hydrogen-bond donors (Lipinski definition) is 2. The lowest BCUT2D eigenvalue weighted by Crippen LogP contribution is -2.14. The summed E-state index contributed by atoms with van der Waals surface area (Å²) < 4.78 is 5.79. The van der Waals surface area contributed by atoms with Crippen molar-refractivity contribution in [2.45, 2.75) is 39.2 Å². The van der Waals surface area contributed by atoms with Gasteiger partial charge in [0, 0.05) is 23.4 Å². The van der Waals surface area contributed by atoms with Gasteiger partial charge in [0.25, 0.3) is 5.91 Å². The highest BCUT2D eigenvalue weighted by atomic mass is 16.5. The summed E-state index contributed by atoms with van der Waals surface area (Å²) in [7, 11) is 0. The lowest BCUT2D eigenvalue weighted by Gasteiger charge is -2.13. The minimum atomic E-state index is -0.214. The van der Waals surface area contributed by atoms with Crippen LogP contribution in [0.15, 0.2) is 78.9 Å². The van der Waals surface area contributed by atoms with E-state index in [1.54, 1.807) is 42.5 Å². The molecule has 160 valence electrons. The van der Waals surface area contributed by atoms with Crippen LogP contribution < -0.4 is 15.4 Å². The van der Waals surface area contributed by atoms with Gasteiger partial charge in [-0.1, -0.05) is 43.3 Å². The van der Waals surface area contributed by atoms with Crippen molar-refractivity contribution in [1.82, 2.24) is 0 Å². The lowest BCUT2D eigenvalue weighted by molar-refractivity contribution is -0.116. The van der Waals surface area contributed by atoms with Crippen LogP contribution in [0.3, 0.4) is 0 Å². The quantitative estimate of drug-likeness (QED) is 0.471. The van der Waals surface area contributed by atoms with Crippen LogP contribution in [0.4, 0.5) is 11.4 Å². The monoisotopic (exact) mass is 416 g/mol. The molecule has 3 aromatic carbocycles. The number of rotatable bonds is 9. The molecule has 0 aliphatic rings. The van der Waals surface area contributed by atoms with Gasteiger partial charge in [-0.05, 0) is 67.8 Å². The van der Waals surface area contributed by atoms with E-state index in [0.29, 0.717) is 35.5 Å². The molecule has 31 heavy (non-hydrogen) atoms. The van der Waals surface area contributed by atoms with Gasteiger partial charge >= 0.3 is 0 Å². The van der Waals surface area contributed by atoms with E-state index in [-0.39, 0.29) is 17.9 Å². The SMILES string of the molecule is CCC(C)Oc1cccc(C(=O)Nc2ccc(NC(=O)CCc3ccccc3)cc2)c1. The molecule has 5 nitrogen and oxygen atoms in total. The van der Waals surface area contributed by atoms with Crippen LogP contribution >= 0.6 is 0 Å². The van der Waals surface area contributed by atoms with Gasteiger partial charge in [0.2, 0.25) is 5.91 Å². The fourth-order valence-corrected chi connectivity index (χ4v) is 2.99. The van der Waals surface area contributed by atoms with Gasteiger partial charge in [-0.15, -0.1) is 0 Å². The minimum absolute atomic E-state index is 0.0428. The lowest BCUT2D eigenvalue weighted by atomic mass is 10.1. The van der Waals surface area contributed by atoms with Crippen LogP contribution in [-0.2, 0) is 11.2 Å². The molecule has 2 amide bonds. The molecular weight excluding hydrogens is 388 g/mol. The molecule has 0 aliphatic carbocycles. The van der Waals surface area contributed by atoms with E-state index >= 15 is 0 Å². The predicted octanol–water partition coefficient (Wildman–Crippen LogP) is 5.69. The van der Waals surface area contributed by atoms with Crippen LogP contribution in [-0.4, -0.2) is 17.9 Å². The van der Waals surface area contributed by atoms with Crippen molar-refractivity contribution in [3.8, 4) is 5.75 Å². The summed E-state index contributed by atoms with van der Waals surface area (Å²) in [5, 5.41) is 5.76. The third kappa shape index (κ3) is 7.00. The highest BCUT2D eigenvalue weighted by Gasteiger charge is 2.09. The second kappa shape index (κ2) is 11.0. The number of carbonyl (C=O) groups excluding carboxylic acids is 2. The Balaban J connectivity index is 1.52. The van der Waals surface area contributed by atoms with Crippen molar-refractivity contribution in [2.75, 3.05) is 10.6 Å². The van der Waals surface area contributed by atoms with E-state index < -0.39 is 0 Å². The summed E-state index contributed by atoms with van der Waals surface area (Å²) in [5.41, 5.74) is 3.01. The standard InChI is InChI=1S/C26H28N2O3/c1-3-19(2)31-24-11-7-10-21(18-24)26(30)28-23-15-13-22(14-16-23)27-25(29)17-12-20-8-5-4-6-9-20/h4-11,13-16,18-19H,3,12,17H2,1-2H3,(H,27,29)(H,28,30). The average molecular weight is 417 g/mol. The van der Waals surface area contributed by atoms with Gasteiger partial charge in [0.05, 0.1) is 6.10 Å². The van der Waals surface area contributed by atoms with Crippen LogP contribution in [0, 0.1) is 0 Å². The molecule has 0 bridgehead atoms. The van der Waals surface area contributed by atoms with Crippen LogP contribution in [0.1, 0.15) is 42.6 Å². The van der Waals surface area contributed by atoms with Gasteiger partial charge in [0.15, 0.2) is 0 Å². The van der Waals surface area contributed by atoms with Crippen LogP contribution in [0.5, 0.6) is 5.75 Å². The van der Waals surface area contributed by atoms with Crippen molar-refractivity contribution in [2.24, 2.45) is 0 Å². The number of amides is 2. The minimum Gasteiger partial charge on any atom is -0.491 e. The highest BCUT2D eigenvalue weighted by molar-refractivity contribution is 6.04. The number of anilines is 2. The topological polar surface area (TPSA) is 67.4 Å². The summed E-state index contributed by atoms with van der Waals surface area (Å²) in [6.07, 6.45) is 2.10. The zero-order valence-electron chi connectivity index (χ0n) is 17.9. The summed E-state index contributed by atoms with van der Waals surface area (Å²) in [6.45, 7) is 4.05. The Bertz CT molecular complexity index is 1000. The van der Waals surface area contributed by atoms with Gasteiger partial charge in [-0.25, -0.2) is 0 Å². The van der Waals surface area contributed by atoms with E-state index in [9.17, 15) is 9.59 Å². The molecule has 1 atom stereocenters. The van der Waals surface area contributed by atoms with Crippen molar-refractivity contribution < 1.29 is 14.3 Å². The van der Waals surface area contributed by atoms with E-state index in [0.717, 1.165) is 12.0 Å². The molecule has 0 aliphatic heterocycles. The van der Waals surface area contributed by atoms with Crippen molar-refractivity contribution in [3.63, 3.8) is 0 Å². The Morgan fingerprint density at radius 3 is 2.23 bits per heavy atom. The van der Waals surface area contributed by atoms with Crippen LogP contribution in [0.25, 0.3) is 0 Å². The van der Waals surface area contributed by atoms with Crippen molar-refractivity contribution in [3.05, 3.63) is 90.0 Å². The fourth-order valence-electron chi connectivity index (χ4n) is 2.99. The average Bonchev–Trinajstić information content (AvgIpc) is 2.80. The molecule has 1 unspecified atom stereocenters. The molecule has 3 rings (SSSR count). The normalized spacial score (nSPS) is 11.4. The summed E-state index contributed by atoms with van der Waals surface area (Å²) in [6, 6.07) is 24.1. The van der Waals surface area contributed by atoms with Gasteiger partial charge < -0.3 is 15.4 Å². The Morgan fingerprint density at radius 2 is 1.55 bits per heavy atom. The molecule has 5 heteroatoms. The van der Waals surface area contributed by atoms with E-state index in [1.165, 1.54) is 0 Å². The second-order valence-corrected chi connectivity index (χ2v) is 7.43. The van der Waals surface area contributed by atoms with E-state index in [4.69, 9.17) is 4.74 Å². The number of aryl methyl sites for hydroxylation is 1. The first-order chi connectivity index (χ1) is 15.0. The zero-order chi connectivity index (χ0) is 22.1. The molecule has 0 fully saturated rings. The largest absolute Gasteiger partial charge is 0.491 e. The molecule has 3 aromatic rings. The van der Waals surface area contributed by atoms with Crippen molar-refractivity contribution >= 4 is 23.2 Å². The van der Waals surface area contributed by atoms with E-state index in [1.807, 2.05) is 43.3 Å². The Hall–Kier alpha value is -3.60. The maximum absolute atomic E-state index is 12.6. The third-order valence-electron chi connectivity index (χ3n) is 4.92. The predicted molar refractivity (Wildman–Crippen MR) is 125 cm³/mol. The van der Waals surface area contributed by atoms with Crippen LogP contribution in [0.2, 0.25) is 0 Å². The number of carbonyl (C=O) groups is 2. The smallest absolute Gasteiger partial charge is 0.255 e. The maximum atomic E-state index is 12.6. The van der Waals surface area contributed by atoms with Crippen molar-refractivity contribution in [1.29, 1.82) is 0 Å². The molecule has 0 heterocycles. The second-order valence-electron chi connectivity index (χ2n) is 7.43. The van der Waals surface area contributed by atoms with Gasteiger partial charge in [-0.2, -0.15) is 0 Å². The van der Waals surface area contributed by atoms with Gasteiger partial charge in [0.1, 0.15) is 5.75 Å². The Morgan fingerprint density at radius 1 is 0.871 bits per heavy atom. The van der Waals surface area contributed by atoms with Gasteiger partial charge in [-0.3, -0.25) is 9.59 Å². The molecule has 0 aromatic heterocycles. The van der Waals surface area contributed by atoms with E-state index in [2.05, 4.69) is 17.6 Å². The molecule has 0 saturated carbocycles. The first-order valence-corrected chi connectivity index (χ1v) is 10.6. The number of ether oxygens (including phenoxy) is 1. The number of nitrogens with one attached hydrogen (secondary N) is 2. The molecule has 0 saturated heterocycles. The Labute approximate surface area is 183 Å². The summed E-state index contributed by atoms with van der Waals surface area (Å²) >= 11 is 0. The summed E-state index contributed by atoms with van der Waals surface area (Å²) in [5.74, 6) is 0.420. The number of hydrogen-bond acceptors (Lipinski definition) is 3. The first-order valence-electron chi connectivity index (χ1n) is 10.6. The zero-order valence-corrected chi connectivity index (χ0v) is 17.9. The Kier molecular flexibility index (Phi) is 7.82. The molecule has 0 spiro atoms. The fraction of sp³-hybridized carbons (Fsp3) is 0.231. The number of benzene rings is 3. The third-order valence-corrected chi connectivity index (χ3v) is 4.92. The molecule has 0 radical (unpaired) electrons. The summed E-state index contributed by atoms with van der Waals surface area (Å²) in [4.78, 5) is 24.7.